The summed E-state index contributed by atoms with van der Waals surface area (Å²) in [5.41, 5.74) is 5.61. The monoisotopic (exact) mass is 248 g/mol. The molecule has 0 saturated carbocycles. The predicted molar refractivity (Wildman–Crippen MR) is 66.4 cm³/mol. The van der Waals surface area contributed by atoms with E-state index in [9.17, 15) is 0 Å². The summed E-state index contributed by atoms with van der Waals surface area (Å²) in [6, 6.07) is 2.02. The summed E-state index contributed by atoms with van der Waals surface area (Å²) < 4.78 is 6.96. The van der Waals surface area contributed by atoms with Gasteiger partial charge in [-0.2, -0.15) is 20.1 Å². The molecule has 18 heavy (non-hydrogen) atoms. The molecule has 2 heterocycles. The van der Waals surface area contributed by atoms with Crippen LogP contribution in [-0.4, -0.2) is 31.3 Å². The van der Waals surface area contributed by atoms with Gasteiger partial charge in [0, 0.05) is 12.4 Å². The predicted octanol–water partition coefficient (Wildman–Crippen LogP) is 1.21. The Morgan fingerprint density at radius 3 is 2.89 bits per heavy atom. The molecule has 0 radical (unpaired) electrons. The van der Waals surface area contributed by atoms with Crippen LogP contribution in [-0.2, 0) is 0 Å². The zero-order valence-corrected chi connectivity index (χ0v) is 10.3. The number of anilines is 1. The lowest BCUT2D eigenvalue weighted by atomic mass is 10.3. The van der Waals surface area contributed by atoms with E-state index in [-0.39, 0.29) is 12.0 Å². The van der Waals surface area contributed by atoms with Gasteiger partial charge in [0.15, 0.2) is 0 Å². The molecule has 0 aromatic carbocycles. The van der Waals surface area contributed by atoms with Crippen molar-refractivity contribution >= 4 is 5.95 Å². The smallest absolute Gasteiger partial charge is 0.323 e. The number of aromatic nitrogens is 5. The number of rotatable bonds is 6. The molecule has 0 bridgehead atoms. The van der Waals surface area contributed by atoms with E-state index in [1.54, 1.807) is 18.5 Å². The highest BCUT2D eigenvalue weighted by atomic mass is 16.5. The summed E-state index contributed by atoms with van der Waals surface area (Å²) in [5.74, 6) is 0.485. The van der Waals surface area contributed by atoms with Gasteiger partial charge >= 0.3 is 6.01 Å². The summed E-state index contributed by atoms with van der Waals surface area (Å²) in [5, 5.41) is 4.03. The molecule has 7 nitrogen and oxygen atoms in total. The van der Waals surface area contributed by atoms with Gasteiger partial charge in [0.25, 0.3) is 5.95 Å². The third-order valence-corrected chi connectivity index (χ3v) is 2.31. The van der Waals surface area contributed by atoms with Gasteiger partial charge in [-0.15, -0.1) is 0 Å². The molecule has 7 heteroatoms. The Hall–Kier alpha value is -2.18. The Balaban J connectivity index is 2.07. The molecule has 0 spiro atoms. The lowest BCUT2D eigenvalue weighted by Crippen LogP contribution is -2.10. The number of ether oxygens (including phenoxy) is 1. The molecule has 0 unspecified atom stereocenters. The van der Waals surface area contributed by atoms with Crippen LogP contribution in [0, 0.1) is 0 Å². The highest BCUT2D eigenvalue weighted by Gasteiger charge is 2.07. The molecule has 2 aromatic heterocycles. The summed E-state index contributed by atoms with van der Waals surface area (Å²) >= 11 is 0. The zero-order valence-electron chi connectivity index (χ0n) is 10.3. The van der Waals surface area contributed by atoms with Crippen molar-refractivity contribution in [1.29, 1.82) is 0 Å². The highest BCUT2D eigenvalue weighted by Crippen LogP contribution is 2.09. The molecular weight excluding hydrogens is 232 g/mol. The number of unbranched alkanes of at least 4 members (excludes halogenated alkanes) is 2. The maximum absolute atomic E-state index is 5.61. The van der Waals surface area contributed by atoms with Crippen LogP contribution in [0.2, 0.25) is 0 Å². The van der Waals surface area contributed by atoms with E-state index in [4.69, 9.17) is 10.5 Å². The van der Waals surface area contributed by atoms with Crippen molar-refractivity contribution in [3.05, 3.63) is 18.5 Å². The number of hydrogen-bond acceptors (Lipinski definition) is 6. The Morgan fingerprint density at radius 2 is 2.17 bits per heavy atom. The molecule has 2 rings (SSSR count). The van der Waals surface area contributed by atoms with Gasteiger partial charge in [-0.1, -0.05) is 19.8 Å². The molecular formula is C11H16N6O. The third-order valence-electron chi connectivity index (χ3n) is 2.31. The van der Waals surface area contributed by atoms with Crippen molar-refractivity contribution in [3.8, 4) is 12.0 Å². The van der Waals surface area contributed by atoms with Gasteiger partial charge < -0.3 is 10.5 Å². The SMILES string of the molecule is CCCCCOc1nc(N)nc(-n2cccn2)n1. The van der Waals surface area contributed by atoms with E-state index in [1.807, 2.05) is 0 Å². The van der Waals surface area contributed by atoms with Crippen molar-refractivity contribution < 1.29 is 4.74 Å². The second-order valence-corrected chi connectivity index (χ2v) is 3.78. The minimum absolute atomic E-state index is 0.126. The second kappa shape index (κ2) is 5.95. The Bertz CT molecular complexity index is 484. The van der Waals surface area contributed by atoms with E-state index in [2.05, 4.69) is 27.0 Å². The van der Waals surface area contributed by atoms with Crippen molar-refractivity contribution in [2.45, 2.75) is 26.2 Å². The molecule has 0 aliphatic heterocycles. The average molecular weight is 248 g/mol. The van der Waals surface area contributed by atoms with Gasteiger partial charge in [0.2, 0.25) is 5.95 Å². The Morgan fingerprint density at radius 1 is 1.28 bits per heavy atom. The van der Waals surface area contributed by atoms with E-state index in [0.717, 1.165) is 19.3 Å². The summed E-state index contributed by atoms with van der Waals surface area (Å²) in [4.78, 5) is 12.1. The quantitative estimate of drug-likeness (QED) is 0.772. The fourth-order valence-corrected chi connectivity index (χ4v) is 1.43. The molecule has 0 amide bonds. The van der Waals surface area contributed by atoms with Gasteiger partial charge in [0.05, 0.1) is 6.61 Å². The fourth-order valence-electron chi connectivity index (χ4n) is 1.43. The molecule has 2 N–H and O–H groups in total. The van der Waals surface area contributed by atoms with Crippen molar-refractivity contribution in [1.82, 2.24) is 24.7 Å². The van der Waals surface area contributed by atoms with Crippen LogP contribution in [0.25, 0.3) is 5.95 Å². The maximum Gasteiger partial charge on any atom is 0.323 e. The van der Waals surface area contributed by atoms with E-state index < -0.39 is 0 Å². The standard InChI is InChI=1S/C11H16N6O/c1-2-3-4-8-18-11-15-9(12)14-10(16-11)17-7-5-6-13-17/h5-7H,2-4,8H2,1H3,(H2,12,14,15,16). The van der Waals surface area contributed by atoms with Crippen LogP contribution in [0.5, 0.6) is 6.01 Å². The number of nitrogen functional groups attached to an aromatic ring is 1. The normalized spacial score (nSPS) is 10.5. The first-order valence-electron chi connectivity index (χ1n) is 5.94. The fraction of sp³-hybridized carbons (Fsp3) is 0.455. The number of hydrogen-bond donors (Lipinski definition) is 1. The molecule has 0 aliphatic rings. The largest absolute Gasteiger partial charge is 0.463 e. The summed E-state index contributed by atoms with van der Waals surface area (Å²) in [7, 11) is 0. The number of nitrogens with two attached hydrogens (primary N) is 1. The number of nitrogens with zero attached hydrogens (tertiary/aromatic N) is 5. The first kappa shape index (κ1) is 12.3. The molecule has 96 valence electrons. The van der Waals surface area contributed by atoms with Crippen molar-refractivity contribution in [2.75, 3.05) is 12.3 Å². The third kappa shape index (κ3) is 3.16. The minimum atomic E-state index is 0.126. The maximum atomic E-state index is 5.61. The van der Waals surface area contributed by atoms with Crippen LogP contribution in [0.4, 0.5) is 5.95 Å². The second-order valence-electron chi connectivity index (χ2n) is 3.78. The van der Waals surface area contributed by atoms with E-state index in [0.29, 0.717) is 12.6 Å². The Labute approximate surface area is 105 Å². The van der Waals surface area contributed by atoms with Crippen LogP contribution in [0.3, 0.4) is 0 Å². The van der Waals surface area contributed by atoms with Gasteiger partial charge in [-0.05, 0) is 12.5 Å². The lowest BCUT2D eigenvalue weighted by Gasteiger charge is -2.06. The Kier molecular flexibility index (Phi) is 4.06. The average Bonchev–Trinajstić information content (AvgIpc) is 2.88. The van der Waals surface area contributed by atoms with Crippen LogP contribution >= 0.6 is 0 Å². The minimum Gasteiger partial charge on any atom is -0.463 e. The molecule has 0 saturated heterocycles. The van der Waals surface area contributed by atoms with Crippen LogP contribution in [0.1, 0.15) is 26.2 Å². The van der Waals surface area contributed by atoms with Gasteiger partial charge in [-0.3, -0.25) is 0 Å². The van der Waals surface area contributed by atoms with Crippen LogP contribution < -0.4 is 10.5 Å². The van der Waals surface area contributed by atoms with E-state index in [1.165, 1.54) is 4.68 Å². The van der Waals surface area contributed by atoms with Gasteiger partial charge in [0.1, 0.15) is 0 Å². The first-order chi connectivity index (χ1) is 8.79. The van der Waals surface area contributed by atoms with Crippen molar-refractivity contribution in [2.24, 2.45) is 0 Å². The lowest BCUT2D eigenvalue weighted by molar-refractivity contribution is 0.282. The highest BCUT2D eigenvalue weighted by molar-refractivity contribution is 5.24. The van der Waals surface area contributed by atoms with Crippen molar-refractivity contribution in [3.63, 3.8) is 0 Å². The first-order valence-corrected chi connectivity index (χ1v) is 5.94. The molecule has 2 aromatic rings. The van der Waals surface area contributed by atoms with Crippen LogP contribution in [0.15, 0.2) is 18.5 Å². The van der Waals surface area contributed by atoms with E-state index >= 15 is 0 Å². The summed E-state index contributed by atoms with van der Waals surface area (Å²) in [6.45, 7) is 2.71. The summed E-state index contributed by atoms with van der Waals surface area (Å²) in [6.07, 6.45) is 6.60. The zero-order chi connectivity index (χ0) is 12.8. The molecule has 0 fully saturated rings. The molecule has 0 atom stereocenters. The van der Waals surface area contributed by atoms with Gasteiger partial charge in [-0.25, -0.2) is 4.68 Å². The topological polar surface area (TPSA) is 91.7 Å². The molecule has 0 aliphatic carbocycles.